The van der Waals surface area contributed by atoms with Gasteiger partial charge in [-0.2, -0.15) is 5.10 Å². The van der Waals surface area contributed by atoms with Crippen molar-refractivity contribution in [3.05, 3.63) is 69.8 Å². The maximum atomic E-state index is 12.9. The Morgan fingerprint density at radius 2 is 1.97 bits per heavy atom. The van der Waals surface area contributed by atoms with Crippen molar-refractivity contribution in [3.8, 4) is 5.88 Å². The van der Waals surface area contributed by atoms with Gasteiger partial charge in [-0.1, -0.05) is 18.2 Å². The topological polar surface area (TPSA) is 123 Å². The number of hydrogen-bond donors (Lipinski definition) is 3. The Hall–Kier alpha value is -3.66. The minimum atomic E-state index is -1.09. The summed E-state index contributed by atoms with van der Waals surface area (Å²) in [5.74, 6) is -0.0215. The molecule has 0 saturated heterocycles. The standard InChI is InChI=1S/C23H28N6O4/c1-23(2,3)29-14-17-20(27-29)22(32)24-10-5-11-33-18-8-9-19(30)28(26-18)13-15-6-4-7-16(12-15)21(31)25-17/h4,6-9,12,14,21,25,31H,5,10-11,13H2,1-3H3,(H,24,32). The monoisotopic (exact) mass is 452 g/mol. The molecule has 1 aromatic carbocycles. The molecule has 4 bridgehead atoms. The van der Waals surface area contributed by atoms with Gasteiger partial charge in [-0.25, -0.2) is 4.68 Å². The zero-order chi connectivity index (χ0) is 23.6. The summed E-state index contributed by atoms with van der Waals surface area (Å²) >= 11 is 0. The van der Waals surface area contributed by atoms with Crippen LogP contribution in [0.2, 0.25) is 0 Å². The van der Waals surface area contributed by atoms with E-state index in [-0.39, 0.29) is 29.2 Å². The smallest absolute Gasteiger partial charge is 0.273 e. The van der Waals surface area contributed by atoms with Crippen molar-refractivity contribution in [1.29, 1.82) is 0 Å². The molecule has 3 heterocycles. The van der Waals surface area contributed by atoms with Gasteiger partial charge in [0.1, 0.15) is 0 Å². The molecule has 4 rings (SSSR count). The van der Waals surface area contributed by atoms with E-state index in [1.807, 2.05) is 26.8 Å². The van der Waals surface area contributed by atoms with Crippen molar-refractivity contribution in [3.63, 3.8) is 0 Å². The second-order valence-electron chi connectivity index (χ2n) is 8.92. The van der Waals surface area contributed by atoms with E-state index in [0.29, 0.717) is 36.7 Å². The lowest BCUT2D eigenvalue weighted by molar-refractivity contribution is 0.0945. The van der Waals surface area contributed by atoms with Crippen LogP contribution >= 0.6 is 0 Å². The van der Waals surface area contributed by atoms with E-state index >= 15 is 0 Å². The number of nitrogens with one attached hydrogen (secondary N) is 2. The number of benzene rings is 1. The fourth-order valence-corrected chi connectivity index (χ4v) is 3.41. The molecule has 33 heavy (non-hydrogen) atoms. The van der Waals surface area contributed by atoms with Crippen molar-refractivity contribution in [2.75, 3.05) is 18.5 Å². The fraction of sp³-hybridized carbons (Fsp3) is 0.391. The van der Waals surface area contributed by atoms with E-state index in [9.17, 15) is 14.7 Å². The molecule has 1 aliphatic heterocycles. The Labute approximate surface area is 191 Å². The first-order valence-electron chi connectivity index (χ1n) is 10.8. The van der Waals surface area contributed by atoms with Crippen molar-refractivity contribution < 1.29 is 14.6 Å². The predicted octanol–water partition coefficient (Wildman–Crippen LogP) is 1.86. The number of anilines is 1. The summed E-state index contributed by atoms with van der Waals surface area (Å²) in [4.78, 5) is 25.1. The van der Waals surface area contributed by atoms with Crippen LogP contribution < -0.4 is 20.9 Å². The molecule has 2 aromatic heterocycles. The molecule has 0 aliphatic carbocycles. The number of aromatic nitrogens is 4. The first-order chi connectivity index (χ1) is 15.7. The summed E-state index contributed by atoms with van der Waals surface area (Å²) in [5.41, 5.74) is 1.38. The number of fused-ring (bicyclic) bond motifs is 5. The van der Waals surface area contributed by atoms with Crippen LogP contribution in [0.4, 0.5) is 5.69 Å². The third kappa shape index (κ3) is 5.23. The van der Waals surface area contributed by atoms with Gasteiger partial charge in [0.05, 0.1) is 24.4 Å². The van der Waals surface area contributed by atoms with Gasteiger partial charge in [0.15, 0.2) is 11.9 Å². The number of hydrogen-bond acceptors (Lipinski definition) is 7. The van der Waals surface area contributed by atoms with Gasteiger partial charge in [0.2, 0.25) is 5.88 Å². The zero-order valence-corrected chi connectivity index (χ0v) is 18.9. The maximum absolute atomic E-state index is 12.9. The summed E-state index contributed by atoms with van der Waals surface area (Å²) < 4.78 is 8.67. The number of carbonyl (C=O) groups is 1. The van der Waals surface area contributed by atoms with Crippen LogP contribution in [0.3, 0.4) is 0 Å². The highest BCUT2D eigenvalue weighted by Crippen LogP contribution is 2.25. The van der Waals surface area contributed by atoms with Crippen molar-refractivity contribution in [2.24, 2.45) is 0 Å². The van der Waals surface area contributed by atoms with Crippen LogP contribution in [0.15, 0.2) is 47.4 Å². The maximum Gasteiger partial charge on any atom is 0.273 e. The van der Waals surface area contributed by atoms with Crippen molar-refractivity contribution in [2.45, 2.75) is 45.5 Å². The molecule has 1 aliphatic rings. The van der Waals surface area contributed by atoms with E-state index in [1.165, 1.54) is 16.8 Å². The molecular weight excluding hydrogens is 424 g/mol. The minimum absolute atomic E-state index is 0.199. The highest BCUT2D eigenvalue weighted by atomic mass is 16.5. The Kier molecular flexibility index (Phi) is 6.19. The average molecular weight is 453 g/mol. The highest BCUT2D eigenvalue weighted by Gasteiger charge is 2.24. The van der Waals surface area contributed by atoms with Gasteiger partial charge < -0.3 is 20.5 Å². The number of aliphatic hydroxyl groups is 1. The molecule has 174 valence electrons. The summed E-state index contributed by atoms with van der Waals surface area (Å²) in [5, 5.41) is 25.5. The van der Waals surface area contributed by atoms with E-state index in [0.717, 1.165) is 5.56 Å². The molecule has 0 radical (unpaired) electrons. The van der Waals surface area contributed by atoms with Gasteiger partial charge in [-0.3, -0.25) is 14.3 Å². The molecule has 3 aromatic rings. The van der Waals surface area contributed by atoms with Gasteiger partial charge in [-0.15, -0.1) is 5.10 Å². The van der Waals surface area contributed by atoms with Crippen LogP contribution in [0.1, 0.15) is 55.0 Å². The molecule has 1 amide bonds. The molecule has 3 N–H and O–H groups in total. The Morgan fingerprint density at radius 3 is 2.76 bits per heavy atom. The molecule has 1 atom stereocenters. The van der Waals surface area contributed by atoms with Gasteiger partial charge in [0.25, 0.3) is 11.5 Å². The van der Waals surface area contributed by atoms with E-state index < -0.39 is 6.23 Å². The molecule has 10 nitrogen and oxygen atoms in total. The lowest BCUT2D eigenvalue weighted by atomic mass is 10.1. The average Bonchev–Trinajstić information content (AvgIpc) is 3.19. The third-order valence-electron chi connectivity index (χ3n) is 5.21. The number of ether oxygens (including phenoxy) is 1. The lowest BCUT2D eigenvalue weighted by Gasteiger charge is -2.19. The summed E-state index contributed by atoms with van der Waals surface area (Å²) in [6.45, 7) is 6.85. The van der Waals surface area contributed by atoms with Gasteiger partial charge in [0, 0.05) is 30.4 Å². The number of carbonyl (C=O) groups excluding carboxylic acids is 1. The fourth-order valence-electron chi connectivity index (χ4n) is 3.41. The first kappa shape index (κ1) is 22.5. The van der Waals surface area contributed by atoms with Crippen molar-refractivity contribution in [1.82, 2.24) is 24.9 Å². The van der Waals surface area contributed by atoms with Gasteiger partial charge >= 0.3 is 0 Å². The van der Waals surface area contributed by atoms with Crippen LogP contribution in [-0.2, 0) is 12.1 Å². The Bertz CT molecular complexity index is 1210. The molecule has 0 spiro atoms. The molecular formula is C23H28N6O4. The van der Waals surface area contributed by atoms with Crippen LogP contribution in [0, 0.1) is 0 Å². The number of aliphatic hydroxyl groups excluding tert-OH is 1. The van der Waals surface area contributed by atoms with Crippen molar-refractivity contribution >= 4 is 11.6 Å². The van der Waals surface area contributed by atoms with Crippen LogP contribution in [0.5, 0.6) is 5.88 Å². The van der Waals surface area contributed by atoms with Crippen LogP contribution in [-0.4, -0.2) is 43.7 Å². The summed E-state index contributed by atoms with van der Waals surface area (Å²) in [6, 6.07) is 10.1. The highest BCUT2D eigenvalue weighted by molar-refractivity contribution is 5.97. The zero-order valence-electron chi connectivity index (χ0n) is 18.9. The molecule has 0 fully saturated rings. The number of nitrogens with zero attached hydrogens (tertiary/aromatic N) is 4. The predicted molar refractivity (Wildman–Crippen MR) is 122 cm³/mol. The van der Waals surface area contributed by atoms with Gasteiger partial charge in [-0.05, 0) is 38.8 Å². The quantitative estimate of drug-likeness (QED) is 0.476. The molecule has 10 heteroatoms. The van der Waals surface area contributed by atoms with E-state index in [1.54, 1.807) is 29.1 Å². The first-order valence-corrected chi connectivity index (χ1v) is 10.8. The normalized spacial score (nSPS) is 17.2. The minimum Gasteiger partial charge on any atom is -0.477 e. The van der Waals surface area contributed by atoms with Crippen LogP contribution in [0.25, 0.3) is 0 Å². The number of amides is 1. The Balaban J connectivity index is 1.71. The summed E-state index contributed by atoms with van der Waals surface area (Å²) in [7, 11) is 0. The second kappa shape index (κ2) is 9.07. The third-order valence-corrected chi connectivity index (χ3v) is 5.21. The second-order valence-corrected chi connectivity index (χ2v) is 8.92. The largest absolute Gasteiger partial charge is 0.477 e. The molecule has 1 unspecified atom stereocenters. The lowest BCUT2D eigenvalue weighted by Crippen LogP contribution is -2.28. The molecule has 0 saturated carbocycles. The summed E-state index contributed by atoms with van der Waals surface area (Å²) in [6.07, 6.45) is 1.16. The van der Waals surface area contributed by atoms with E-state index in [4.69, 9.17) is 4.74 Å². The Morgan fingerprint density at radius 1 is 1.15 bits per heavy atom. The van der Waals surface area contributed by atoms with E-state index in [2.05, 4.69) is 20.8 Å². The SMILES string of the molecule is CC(C)(C)n1cc2c(n1)C(=O)NCCCOc1ccc(=O)n(n1)Cc1cccc(c1)C(O)N2. The number of rotatable bonds is 0.